The van der Waals surface area contributed by atoms with Crippen LogP contribution in [-0.4, -0.2) is 69.7 Å². The van der Waals surface area contributed by atoms with Crippen LogP contribution in [0.4, 0.5) is 0 Å². The summed E-state index contributed by atoms with van der Waals surface area (Å²) in [6.07, 6.45) is 3.07. The van der Waals surface area contributed by atoms with Crippen molar-refractivity contribution in [3.63, 3.8) is 0 Å². The second-order valence-electron chi connectivity index (χ2n) is 7.13. The van der Waals surface area contributed by atoms with Crippen molar-refractivity contribution in [2.45, 2.75) is 32.2 Å². The van der Waals surface area contributed by atoms with Gasteiger partial charge < -0.3 is 9.64 Å². The number of fused-ring (bicyclic) bond motifs is 1. The fourth-order valence-electron chi connectivity index (χ4n) is 3.90. The molecule has 2 aliphatic rings. The molecule has 0 bridgehead atoms. The zero-order valence-corrected chi connectivity index (χ0v) is 15.1. The molecule has 1 N–H and O–H groups in total. The smallest absolute Gasteiger partial charge is 0.272 e. The molecule has 1 amide bonds. The molecule has 2 aliphatic heterocycles. The van der Waals surface area contributed by atoms with Crippen LogP contribution in [0.3, 0.4) is 0 Å². The molecule has 140 valence electrons. The Kier molecular flexibility index (Phi) is 4.78. The SMILES string of the molecule is Cc1cc2nc([C@H]3CCCCN3CC(=O)N3CCOCC3)cc(=O)n2[nH]1. The third-order valence-corrected chi connectivity index (χ3v) is 5.26. The van der Waals surface area contributed by atoms with Crippen molar-refractivity contribution < 1.29 is 9.53 Å². The second kappa shape index (κ2) is 7.20. The van der Waals surface area contributed by atoms with Gasteiger partial charge in [0.15, 0.2) is 5.65 Å². The van der Waals surface area contributed by atoms with Crippen LogP contribution in [0, 0.1) is 6.92 Å². The van der Waals surface area contributed by atoms with E-state index in [9.17, 15) is 9.59 Å². The quantitative estimate of drug-likeness (QED) is 0.873. The zero-order chi connectivity index (χ0) is 18.1. The number of nitrogens with zero attached hydrogens (tertiary/aromatic N) is 4. The van der Waals surface area contributed by atoms with Crippen LogP contribution in [0.5, 0.6) is 0 Å². The number of carbonyl (C=O) groups is 1. The number of amides is 1. The number of hydrogen-bond donors (Lipinski definition) is 1. The van der Waals surface area contributed by atoms with E-state index in [1.807, 2.05) is 17.9 Å². The van der Waals surface area contributed by atoms with Crippen molar-refractivity contribution in [3.8, 4) is 0 Å². The predicted molar refractivity (Wildman–Crippen MR) is 96.1 cm³/mol. The van der Waals surface area contributed by atoms with Crippen LogP contribution in [-0.2, 0) is 9.53 Å². The van der Waals surface area contributed by atoms with Crippen molar-refractivity contribution in [3.05, 3.63) is 33.9 Å². The molecule has 0 aliphatic carbocycles. The number of aryl methyl sites for hydroxylation is 1. The van der Waals surface area contributed by atoms with Gasteiger partial charge >= 0.3 is 0 Å². The van der Waals surface area contributed by atoms with Gasteiger partial charge in [-0.15, -0.1) is 0 Å². The summed E-state index contributed by atoms with van der Waals surface area (Å²) in [6, 6.07) is 3.49. The van der Waals surface area contributed by atoms with E-state index in [4.69, 9.17) is 9.72 Å². The summed E-state index contributed by atoms with van der Waals surface area (Å²) in [5, 5.41) is 3.00. The molecular weight excluding hydrogens is 334 g/mol. The summed E-state index contributed by atoms with van der Waals surface area (Å²) in [5.74, 6) is 0.135. The molecule has 0 aromatic carbocycles. The molecule has 4 rings (SSSR count). The van der Waals surface area contributed by atoms with Crippen LogP contribution in [0.1, 0.15) is 36.7 Å². The molecule has 2 aromatic heterocycles. The molecule has 2 saturated heterocycles. The number of hydrogen-bond acceptors (Lipinski definition) is 5. The summed E-state index contributed by atoms with van der Waals surface area (Å²) < 4.78 is 6.79. The van der Waals surface area contributed by atoms with Crippen molar-refractivity contribution in [2.75, 3.05) is 39.4 Å². The molecular formula is C18H25N5O3. The Balaban J connectivity index is 1.57. The Morgan fingerprint density at radius 2 is 2.08 bits per heavy atom. The van der Waals surface area contributed by atoms with Crippen LogP contribution in [0.2, 0.25) is 0 Å². The van der Waals surface area contributed by atoms with Gasteiger partial charge in [-0.2, -0.15) is 0 Å². The first-order valence-electron chi connectivity index (χ1n) is 9.31. The first-order chi connectivity index (χ1) is 12.6. The standard InChI is InChI=1S/C18H25N5O3/c1-13-10-16-19-14(11-17(24)23(16)20-13)15-4-2-3-5-22(15)12-18(25)21-6-8-26-9-7-21/h10-11,15,20H,2-9,12H2,1H3/t15-/m1/s1. The number of nitrogens with one attached hydrogen (secondary N) is 1. The van der Waals surface area contributed by atoms with Gasteiger partial charge in [0.05, 0.1) is 31.5 Å². The van der Waals surface area contributed by atoms with Gasteiger partial charge in [-0.25, -0.2) is 9.50 Å². The van der Waals surface area contributed by atoms with Gasteiger partial charge in [0, 0.05) is 30.9 Å². The van der Waals surface area contributed by atoms with E-state index in [1.54, 1.807) is 6.07 Å². The van der Waals surface area contributed by atoms with Gasteiger partial charge in [-0.3, -0.25) is 19.6 Å². The molecule has 2 aromatic rings. The molecule has 4 heterocycles. The third kappa shape index (κ3) is 3.39. The van der Waals surface area contributed by atoms with Crippen molar-refractivity contribution >= 4 is 11.6 Å². The zero-order valence-electron chi connectivity index (χ0n) is 15.1. The van der Waals surface area contributed by atoms with E-state index in [0.717, 1.165) is 37.2 Å². The van der Waals surface area contributed by atoms with Crippen LogP contribution in [0.15, 0.2) is 16.9 Å². The minimum Gasteiger partial charge on any atom is -0.378 e. The highest BCUT2D eigenvalue weighted by atomic mass is 16.5. The average molecular weight is 359 g/mol. The molecule has 0 saturated carbocycles. The molecule has 26 heavy (non-hydrogen) atoms. The first-order valence-corrected chi connectivity index (χ1v) is 9.31. The maximum atomic E-state index is 12.7. The number of piperidine rings is 1. The topological polar surface area (TPSA) is 82.9 Å². The lowest BCUT2D eigenvalue weighted by Gasteiger charge is -2.36. The van der Waals surface area contributed by atoms with Crippen molar-refractivity contribution in [1.29, 1.82) is 0 Å². The lowest BCUT2D eigenvalue weighted by Crippen LogP contribution is -2.47. The largest absolute Gasteiger partial charge is 0.378 e. The highest BCUT2D eigenvalue weighted by Gasteiger charge is 2.29. The van der Waals surface area contributed by atoms with Crippen LogP contribution < -0.4 is 5.56 Å². The maximum Gasteiger partial charge on any atom is 0.272 e. The van der Waals surface area contributed by atoms with E-state index in [1.165, 1.54) is 4.52 Å². The third-order valence-electron chi connectivity index (χ3n) is 5.26. The molecule has 0 unspecified atom stereocenters. The van der Waals surface area contributed by atoms with Gasteiger partial charge in [0.1, 0.15) is 0 Å². The number of carbonyl (C=O) groups excluding carboxylic acids is 1. The highest BCUT2D eigenvalue weighted by molar-refractivity contribution is 5.78. The first kappa shape index (κ1) is 17.2. The Morgan fingerprint density at radius 3 is 2.88 bits per heavy atom. The molecule has 0 radical (unpaired) electrons. The summed E-state index contributed by atoms with van der Waals surface area (Å²) in [5.41, 5.74) is 2.19. The Hall–Kier alpha value is -2.19. The fraction of sp³-hybridized carbons (Fsp3) is 0.611. The molecule has 8 nitrogen and oxygen atoms in total. The maximum absolute atomic E-state index is 12.7. The number of H-pyrrole nitrogens is 1. The molecule has 1 atom stereocenters. The molecule has 2 fully saturated rings. The van der Waals surface area contributed by atoms with Gasteiger partial charge in [-0.1, -0.05) is 6.42 Å². The lowest BCUT2D eigenvalue weighted by molar-refractivity contribution is -0.137. The summed E-state index contributed by atoms with van der Waals surface area (Å²) in [4.78, 5) is 33.8. The average Bonchev–Trinajstić information content (AvgIpc) is 3.04. The number of ether oxygens (including phenoxy) is 1. The molecule has 0 spiro atoms. The van der Waals surface area contributed by atoms with Gasteiger partial charge in [0.25, 0.3) is 5.56 Å². The predicted octanol–water partition coefficient (Wildman–Crippen LogP) is 0.717. The van der Waals surface area contributed by atoms with Crippen LogP contribution in [0.25, 0.3) is 5.65 Å². The Labute approximate surface area is 151 Å². The van der Waals surface area contributed by atoms with E-state index in [0.29, 0.717) is 38.5 Å². The van der Waals surface area contributed by atoms with Crippen LogP contribution >= 0.6 is 0 Å². The van der Waals surface area contributed by atoms with Gasteiger partial charge in [-0.05, 0) is 26.3 Å². The minimum absolute atomic E-state index is 0.0154. The Bertz CT molecular complexity index is 852. The van der Waals surface area contributed by atoms with E-state index >= 15 is 0 Å². The van der Waals surface area contributed by atoms with E-state index < -0.39 is 0 Å². The minimum atomic E-state index is -0.108. The second-order valence-corrected chi connectivity index (χ2v) is 7.13. The van der Waals surface area contributed by atoms with Crippen molar-refractivity contribution in [1.82, 2.24) is 24.4 Å². The molecule has 8 heteroatoms. The number of morpholine rings is 1. The fourth-order valence-corrected chi connectivity index (χ4v) is 3.90. The van der Waals surface area contributed by atoms with Crippen molar-refractivity contribution in [2.24, 2.45) is 0 Å². The number of likely N-dealkylation sites (tertiary alicyclic amines) is 1. The highest BCUT2D eigenvalue weighted by Crippen LogP contribution is 2.29. The normalized spacial score (nSPS) is 22.0. The number of aromatic nitrogens is 3. The van der Waals surface area contributed by atoms with E-state index in [-0.39, 0.29) is 17.5 Å². The summed E-state index contributed by atoms with van der Waals surface area (Å²) in [7, 11) is 0. The Morgan fingerprint density at radius 1 is 1.27 bits per heavy atom. The summed E-state index contributed by atoms with van der Waals surface area (Å²) in [6.45, 7) is 5.67. The lowest BCUT2D eigenvalue weighted by atomic mass is 9.99. The number of rotatable bonds is 3. The monoisotopic (exact) mass is 359 g/mol. The van der Waals surface area contributed by atoms with E-state index in [2.05, 4.69) is 10.00 Å². The summed E-state index contributed by atoms with van der Waals surface area (Å²) >= 11 is 0. The van der Waals surface area contributed by atoms with Gasteiger partial charge in [0.2, 0.25) is 5.91 Å². The number of aromatic amines is 1.